The molecule has 0 radical (unpaired) electrons. The first-order valence-corrected chi connectivity index (χ1v) is 11.2. The van der Waals surface area contributed by atoms with Gasteiger partial charge in [0.2, 0.25) is 0 Å². The van der Waals surface area contributed by atoms with Crippen LogP contribution in [0, 0.1) is 0 Å². The van der Waals surface area contributed by atoms with Crippen LogP contribution in [0.15, 0.2) is 76.9 Å². The van der Waals surface area contributed by atoms with Gasteiger partial charge in [-0.15, -0.1) is 16.1 Å². The number of nitrogens with zero attached hydrogens (tertiary/aromatic N) is 1. The molecule has 0 atom stereocenters. The molecule has 4 aromatic rings. The minimum absolute atomic E-state index is 0.0554. The van der Waals surface area contributed by atoms with Gasteiger partial charge in [-0.2, -0.15) is 0 Å². The molecular weight excluding hydrogens is 456 g/mol. The lowest BCUT2D eigenvalue weighted by atomic mass is 10.1. The van der Waals surface area contributed by atoms with E-state index in [0.717, 1.165) is 10.3 Å². The van der Waals surface area contributed by atoms with E-state index in [1.54, 1.807) is 41.8 Å². The molecule has 0 bridgehead atoms. The van der Waals surface area contributed by atoms with E-state index in [0.29, 0.717) is 4.88 Å². The van der Waals surface area contributed by atoms with E-state index >= 15 is 0 Å². The summed E-state index contributed by atoms with van der Waals surface area (Å²) in [5.41, 5.74) is -0.329. The largest absolute Gasteiger partial charge is 0.506 e. The Morgan fingerprint density at radius 2 is 1.71 bits per heavy atom. The fourth-order valence-corrected chi connectivity index (χ4v) is 4.04. The normalized spacial score (nSPS) is 10.7. The molecule has 0 aliphatic heterocycles. The molecule has 8 nitrogen and oxygen atoms in total. The number of carbonyl (C=O) groups excluding carboxylic acids is 3. The van der Waals surface area contributed by atoms with E-state index < -0.39 is 35.1 Å². The molecule has 172 valence electrons. The molecular formula is C25H20N2O6S. The Balaban J connectivity index is 1.56. The van der Waals surface area contributed by atoms with Gasteiger partial charge in [0.25, 0.3) is 11.5 Å². The molecule has 0 saturated heterocycles. The van der Waals surface area contributed by atoms with Crippen LogP contribution in [0.25, 0.3) is 10.9 Å². The zero-order chi connectivity index (χ0) is 24.1. The molecule has 9 heteroatoms. The average Bonchev–Trinajstić information content (AvgIpc) is 3.39. The number of benzene rings is 2. The summed E-state index contributed by atoms with van der Waals surface area (Å²) in [6.07, 6.45) is -0.380. The van der Waals surface area contributed by atoms with Crippen LogP contribution < -0.4 is 15.7 Å². The number of carbonyl (C=O) groups is 3. The Hall–Kier alpha value is -4.24. The molecule has 0 unspecified atom stereocenters. The van der Waals surface area contributed by atoms with E-state index in [2.05, 4.69) is 5.32 Å². The van der Waals surface area contributed by atoms with E-state index in [1.807, 2.05) is 30.3 Å². The van der Waals surface area contributed by atoms with Crippen molar-refractivity contribution in [2.24, 2.45) is 0 Å². The Morgan fingerprint density at radius 1 is 0.971 bits per heavy atom. The molecule has 2 aromatic heterocycles. The van der Waals surface area contributed by atoms with E-state index in [1.165, 1.54) is 11.3 Å². The van der Waals surface area contributed by atoms with Crippen molar-refractivity contribution in [3.05, 3.63) is 98.5 Å². The van der Waals surface area contributed by atoms with Gasteiger partial charge in [0.15, 0.2) is 11.6 Å². The summed E-state index contributed by atoms with van der Waals surface area (Å²) in [6.45, 7) is -0.410. The molecule has 2 heterocycles. The SMILES string of the molecule is O=C(CNC(=O)c1c(O)c2ccccc2n(OCc2ccccc2)c1=O)CC(=O)c1cccs1. The average molecular weight is 477 g/mol. The van der Waals surface area contributed by atoms with Crippen LogP contribution in [-0.2, 0) is 11.4 Å². The second-order valence-electron chi connectivity index (χ2n) is 7.40. The van der Waals surface area contributed by atoms with Gasteiger partial charge >= 0.3 is 0 Å². The second-order valence-corrected chi connectivity index (χ2v) is 8.35. The first kappa shape index (κ1) is 22.9. The number of aromatic nitrogens is 1. The van der Waals surface area contributed by atoms with Crippen LogP contribution in [0.4, 0.5) is 0 Å². The van der Waals surface area contributed by atoms with Crippen LogP contribution in [0.2, 0.25) is 0 Å². The number of pyridine rings is 1. The number of nitrogens with one attached hydrogen (secondary N) is 1. The molecule has 0 saturated carbocycles. The van der Waals surface area contributed by atoms with Crippen molar-refractivity contribution in [2.75, 3.05) is 6.54 Å². The van der Waals surface area contributed by atoms with Crippen LogP contribution in [0.5, 0.6) is 5.75 Å². The van der Waals surface area contributed by atoms with Gasteiger partial charge in [0.1, 0.15) is 17.9 Å². The smallest absolute Gasteiger partial charge is 0.300 e. The van der Waals surface area contributed by atoms with E-state index in [9.17, 15) is 24.3 Å². The zero-order valence-corrected chi connectivity index (χ0v) is 18.7. The van der Waals surface area contributed by atoms with Gasteiger partial charge in [-0.3, -0.25) is 19.2 Å². The number of hydrogen-bond acceptors (Lipinski definition) is 7. The Kier molecular flexibility index (Phi) is 6.84. The van der Waals surface area contributed by atoms with Gasteiger partial charge in [0, 0.05) is 5.39 Å². The number of Topliss-reactive ketones (excluding diaryl/α,β-unsaturated/α-hetero) is 2. The van der Waals surface area contributed by atoms with Crippen molar-refractivity contribution in [1.82, 2.24) is 10.0 Å². The standard InChI is InChI=1S/C25H20N2O6S/c28-17(13-20(29)21-11-6-12-34-21)14-26-24(31)22-23(30)18-9-4-5-10-19(18)27(25(22)32)33-15-16-7-2-1-3-8-16/h1-12,30H,13-15H2,(H,26,31). The van der Waals surface area contributed by atoms with Crippen LogP contribution >= 0.6 is 11.3 Å². The van der Waals surface area contributed by atoms with Crippen LogP contribution in [-0.4, -0.2) is 33.9 Å². The lowest BCUT2D eigenvalue weighted by Gasteiger charge is -2.15. The van der Waals surface area contributed by atoms with Crippen molar-refractivity contribution >= 4 is 39.7 Å². The maximum absolute atomic E-state index is 13.1. The minimum Gasteiger partial charge on any atom is -0.506 e. The Bertz CT molecular complexity index is 1410. The lowest BCUT2D eigenvalue weighted by Crippen LogP contribution is -2.38. The third-order valence-electron chi connectivity index (χ3n) is 5.04. The third kappa shape index (κ3) is 4.89. The van der Waals surface area contributed by atoms with Crippen molar-refractivity contribution in [1.29, 1.82) is 0 Å². The molecule has 4 rings (SSSR count). The number of aromatic hydroxyl groups is 1. The summed E-state index contributed by atoms with van der Waals surface area (Å²) in [4.78, 5) is 56.4. The molecule has 0 fully saturated rings. The van der Waals surface area contributed by atoms with Gasteiger partial charge in [-0.25, -0.2) is 0 Å². The second kappa shape index (κ2) is 10.1. The molecule has 2 aromatic carbocycles. The van der Waals surface area contributed by atoms with Crippen molar-refractivity contribution in [3.8, 4) is 5.75 Å². The van der Waals surface area contributed by atoms with Gasteiger partial charge in [0.05, 0.1) is 23.4 Å². The summed E-state index contributed by atoms with van der Waals surface area (Å²) < 4.78 is 0.957. The van der Waals surface area contributed by atoms with E-state index in [4.69, 9.17) is 4.84 Å². The van der Waals surface area contributed by atoms with Crippen LogP contribution in [0.1, 0.15) is 32.0 Å². The highest BCUT2D eigenvalue weighted by Crippen LogP contribution is 2.26. The summed E-state index contributed by atoms with van der Waals surface area (Å²) >= 11 is 1.22. The highest BCUT2D eigenvalue weighted by Gasteiger charge is 2.24. The molecule has 0 spiro atoms. The number of amides is 1. The predicted molar refractivity (Wildman–Crippen MR) is 127 cm³/mol. The van der Waals surface area contributed by atoms with Gasteiger partial charge < -0.3 is 15.3 Å². The fourth-order valence-electron chi connectivity index (χ4n) is 3.38. The number of hydrogen-bond donors (Lipinski definition) is 2. The summed E-state index contributed by atoms with van der Waals surface area (Å²) in [5.74, 6) is -2.32. The van der Waals surface area contributed by atoms with E-state index in [-0.39, 0.29) is 29.7 Å². The molecule has 1 amide bonds. The van der Waals surface area contributed by atoms with Crippen LogP contribution in [0.3, 0.4) is 0 Å². The van der Waals surface area contributed by atoms with Crippen molar-refractivity contribution in [3.63, 3.8) is 0 Å². The fraction of sp³-hybridized carbons (Fsp3) is 0.120. The van der Waals surface area contributed by atoms with Gasteiger partial charge in [-0.1, -0.05) is 48.5 Å². The zero-order valence-electron chi connectivity index (χ0n) is 17.9. The monoisotopic (exact) mass is 476 g/mol. The van der Waals surface area contributed by atoms with Crippen molar-refractivity contribution < 1.29 is 24.3 Å². The molecule has 2 N–H and O–H groups in total. The summed E-state index contributed by atoms with van der Waals surface area (Å²) in [6, 6.07) is 18.9. The molecule has 0 aliphatic rings. The quantitative estimate of drug-likeness (QED) is 0.284. The molecule has 34 heavy (non-hydrogen) atoms. The maximum Gasteiger partial charge on any atom is 0.300 e. The number of para-hydroxylation sites is 1. The van der Waals surface area contributed by atoms with Gasteiger partial charge in [-0.05, 0) is 29.1 Å². The Labute approximate surface area is 198 Å². The number of rotatable bonds is 9. The molecule has 0 aliphatic carbocycles. The lowest BCUT2D eigenvalue weighted by molar-refractivity contribution is -0.117. The first-order valence-electron chi connectivity index (χ1n) is 10.4. The highest BCUT2D eigenvalue weighted by molar-refractivity contribution is 7.12. The first-order chi connectivity index (χ1) is 16.5. The minimum atomic E-state index is -0.942. The number of ketones is 2. The number of fused-ring (bicyclic) bond motifs is 1. The summed E-state index contributed by atoms with van der Waals surface area (Å²) in [7, 11) is 0. The summed E-state index contributed by atoms with van der Waals surface area (Å²) in [5, 5.41) is 15.0. The maximum atomic E-state index is 13.1. The Morgan fingerprint density at radius 3 is 2.44 bits per heavy atom. The topological polar surface area (TPSA) is 115 Å². The highest BCUT2D eigenvalue weighted by atomic mass is 32.1. The predicted octanol–water partition coefficient (Wildman–Crippen LogP) is 2.97. The third-order valence-corrected chi connectivity index (χ3v) is 5.95. The van der Waals surface area contributed by atoms with Crippen molar-refractivity contribution in [2.45, 2.75) is 13.0 Å². The number of thiophene rings is 1.